The van der Waals surface area contributed by atoms with E-state index < -0.39 is 0 Å². The van der Waals surface area contributed by atoms with Gasteiger partial charge in [0.15, 0.2) is 0 Å². The molecule has 0 aromatic heterocycles. The van der Waals surface area contributed by atoms with Crippen LogP contribution >= 0.6 is 11.6 Å². The lowest BCUT2D eigenvalue weighted by Crippen LogP contribution is -2.80. The van der Waals surface area contributed by atoms with Gasteiger partial charge in [0.05, 0.1) is 0 Å². The maximum atomic E-state index is 5.83. The lowest BCUT2D eigenvalue weighted by Gasteiger charge is -2.02. The number of nitrogens with two attached hydrogens (primary N) is 1. The van der Waals surface area contributed by atoms with Gasteiger partial charge in [-0.1, -0.05) is 54.1 Å². The zero-order chi connectivity index (χ0) is 11.2. The lowest BCUT2D eigenvalue weighted by molar-refractivity contribution is -0.686. The molecule has 2 N–H and O–H groups in total. The van der Waals surface area contributed by atoms with Crippen molar-refractivity contribution in [2.24, 2.45) is 0 Å². The van der Waals surface area contributed by atoms with Crippen LogP contribution in [0.1, 0.15) is 11.1 Å². The van der Waals surface area contributed by atoms with Crippen LogP contribution in [0, 0.1) is 0 Å². The van der Waals surface area contributed by atoms with Crippen LogP contribution in [0.25, 0.3) is 0 Å². The predicted molar refractivity (Wildman–Crippen MR) is 67.2 cm³/mol. The highest BCUT2D eigenvalue weighted by atomic mass is 35.5. The molecule has 2 heteroatoms. The van der Waals surface area contributed by atoms with E-state index in [0.717, 1.165) is 18.1 Å². The Hall–Kier alpha value is -1.31. The smallest absolute Gasteiger partial charge is 0.101 e. The largest absolute Gasteiger partial charge is 0.339 e. The second-order valence-electron chi connectivity index (χ2n) is 3.81. The van der Waals surface area contributed by atoms with E-state index in [4.69, 9.17) is 11.6 Å². The Morgan fingerprint density at radius 3 is 1.94 bits per heavy atom. The number of quaternary nitrogens is 1. The molecule has 82 valence electrons. The zero-order valence-electron chi connectivity index (χ0n) is 9.07. The molecular formula is C14H15ClN+. The van der Waals surface area contributed by atoms with Crippen LogP contribution in [0.5, 0.6) is 0 Å². The Morgan fingerprint density at radius 2 is 1.31 bits per heavy atom. The number of hydrogen-bond acceptors (Lipinski definition) is 0. The molecule has 0 spiro atoms. The minimum Gasteiger partial charge on any atom is -0.339 e. The van der Waals surface area contributed by atoms with E-state index in [1.54, 1.807) is 0 Å². The van der Waals surface area contributed by atoms with Crippen LogP contribution in [0.15, 0.2) is 54.6 Å². The van der Waals surface area contributed by atoms with Crippen molar-refractivity contribution < 1.29 is 5.32 Å². The summed E-state index contributed by atoms with van der Waals surface area (Å²) < 4.78 is 0. The van der Waals surface area contributed by atoms with Crippen molar-refractivity contribution in [3.05, 3.63) is 70.7 Å². The van der Waals surface area contributed by atoms with Crippen molar-refractivity contribution in [2.45, 2.75) is 13.1 Å². The summed E-state index contributed by atoms with van der Waals surface area (Å²) in [5.41, 5.74) is 2.66. The monoisotopic (exact) mass is 232 g/mol. The Labute approximate surface area is 101 Å². The number of hydrogen-bond donors (Lipinski definition) is 1. The van der Waals surface area contributed by atoms with E-state index in [0.29, 0.717) is 0 Å². The lowest BCUT2D eigenvalue weighted by atomic mass is 10.2. The van der Waals surface area contributed by atoms with Crippen LogP contribution in [0.3, 0.4) is 0 Å². The first kappa shape index (κ1) is 11.2. The highest BCUT2D eigenvalue weighted by Crippen LogP contribution is 2.08. The number of halogens is 1. The third kappa shape index (κ3) is 3.37. The van der Waals surface area contributed by atoms with E-state index in [1.807, 2.05) is 18.2 Å². The second kappa shape index (κ2) is 5.69. The summed E-state index contributed by atoms with van der Waals surface area (Å²) in [6.07, 6.45) is 0. The molecule has 2 rings (SSSR count). The summed E-state index contributed by atoms with van der Waals surface area (Å²) >= 11 is 5.83. The van der Waals surface area contributed by atoms with Gasteiger partial charge in [0.1, 0.15) is 13.1 Å². The van der Waals surface area contributed by atoms with Gasteiger partial charge >= 0.3 is 0 Å². The minimum absolute atomic E-state index is 0.798. The third-order valence-corrected chi connectivity index (χ3v) is 2.77. The molecule has 0 unspecified atom stereocenters. The molecule has 0 fully saturated rings. The predicted octanol–water partition coefficient (Wildman–Crippen LogP) is 2.60. The molecule has 0 aliphatic rings. The summed E-state index contributed by atoms with van der Waals surface area (Å²) in [6.45, 7) is 2.01. The minimum atomic E-state index is 0.798. The Balaban J connectivity index is 1.82. The number of rotatable bonds is 4. The first-order valence-electron chi connectivity index (χ1n) is 5.44. The molecule has 0 aliphatic heterocycles. The van der Waals surface area contributed by atoms with Gasteiger partial charge in [-0.25, -0.2) is 0 Å². The van der Waals surface area contributed by atoms with Gasteiger partial charge in [-0.05, 0) is 12.1 Å². The van der Waals surface area contributed by atoms with Crippen LogP contribution < -0.4 is 5.32 Å². The average molecular weight is 233 g/mol. The van der Waals surface area contributed by atoms with Crippen molar-refractivity contribution in [2.75, 3.05) is 0 Å². The highest BCUT2D eigenvalue weighted by molar-refractivity contribution is 6.30. The van der Waals surface area contributed by atoms with Gasteiger partial charge in [0.2, 0.25) is 0 Å². The van der Waals surface area contributed by atoms with E-state index in [-0.39, 0.29) is 0 Å². The SMILES string of the molecule is Clc1ccc(C[NH2+]Cc2ccccc2)cc1. The average Bonchev–Trinajstić information content (AvgIpc) is 2.33. The van der Waals surface area contributed by atoms with E-state index in [2.05, 4.69) is 41.7 Å². The molecule has 16 heavy (non-hydrogen) atoms. The number of benzene rings is 2. The van der Waals surface area contributed by atoms with Crippen molar-refractivity contribution in [3.63, 3.8) is 0 Å². The molecule has 1 nitrogen and oxygen atoms in total. The van der Waals surface area contributed by atoms with Gasteiger partial charge in [-0.15, -0.1) is 0 Å². The fraction of sp³-hybridized carbons (Fsp3) is 0.143. The van der Waals surface area contributed by atoms with Crippen molar-refractivity contribution in [1.82, 2.24) is 0 Å². The zero-order valence-corrected chi connectivity index (χ0v) is 9.82. The third-order valence-electron chi connectivity index (χ3n) is 2.52. The van der Waals surface area contributed by atoms with Crippen LogP contribution in [-0.4, -0.2) is 0 Å². The van der Waals surface area contributed by atoms with Crippen LogP contribution in [-0.2, 0) is 13.1 Å². The van der Waals surface area contributed by atoms with Gasteiger partial charge in [0, 0.05) is 16.1 Å². The Morgan fingerprint density at radius 1 is 0.750 bits per heavy atom. The first-order chi connectivity index (χ1) is 7.84. The van der Waals surface area contributed by atoms with Crippen LogP contribution in [0.2, 0.25) is 5.02 Å². The quantitative estimate of drug-likeness (QED) is 0.835. The molecule has 2 aromatic rings. The summed E-state index contributed by atoms with van der Waals surface area (Å²) in [7, 11) is 0. The maximum Gasteiger partial charge on any atom is 0.101 e. The van der Waals surface area contributed by atoms with E-state index in [1.165, 1.54) is 11.1 Å². The summed E-state index contributed by atoms with van der Waals surface area (Å²) in [6, 6.07) is 18.5. The van der Waals surface area contributed by atoms with Gasteiger partial charge in [0.25, 0.3) is 0 Å². The summed E-state index contributed by atoms with van der Waals surface area (Å²) in [5.74, 6) is 0. The summed E-state index contributed by atoms with van der Waals surface area (Å²) in [4.78, 5) is 0. The molecule has 0 amide bonds. The molecular weight excluding hydrogens is 218 g/mol. The van der Waals surface area contributed by atoms with Crippen molar-refractivity contribution in [3.8, 4) is 0 Å². The topological polar surface area (TPSA) is 16.6 Å². The van der Waals surface area contributed by atoms with E-state index >= 15 is 0 Å². The fourth-order valence-corrected chi connectivity index (χ4v) is 1.77. The van der Waals surface area contributed by atoms with Crippen LogP contribution in [0.4, 0.5) is 0 Å². The molecule has 0 heterocycles. The highest BCUT2D eigenvalue weighted by Gasteiger charge is 1.96. The molecule has 0 aliphatic carbocycles. The normalized spacial score (nSPS) is 10.3. The molecule has 0 saturated carbocycles. The molecule has 0 atom stereocenters. The Kier molecular flexibility index (Phi) is 3.97. The van der Waals surface area contributed by atoms with Crippen molar-refractivity contribution >= 4 is 11.6 Å². The molecule has 0 radical (unpaired) electrons. The maximum absolute atomic E-state index is 5.83. The van der Waals surface area contributed by atoms with Gasteiger partial charge in [-0.3, -0.25) is 0 Å². The molecule has 2 aromatic carbocycles. The fourth-order valence-electron chi connectivity index (χ4n) is 1.64. The summed E-state index contributed by atoms with van der Waals surface area (Å²) in [5, 5.41) is 3.09. The van der Waals surface area contributed by atoms with Crippen molar-refractivity contribution in [1.29, 1.82) is 0 Å². The Bertz CT molecular complexity index is 422. The molecule has 0 bridgehead atoms. The molecule has 0 saturated heterocycles. The van der Waals surface area contributed by atoms with E-state index in [9.17, 15) is 0 Å². The standard InChI is InChI=1S/C14H14ClN/c15-14-8-6-13(7-9-14)11-16-10-12-4-2-1-3-5-12/h1-9,16H,10-11H2/p+1. The van der Waals surface area contributed by atoms with Gasteiger partial charge < -0.3 is 5.32 Å². The second-order valence-corrected chi connectivity index (χ2v) is 4.25. The first-order valence-corrected chi connectivity index (χ1v) is 5.82. The van der Waals surface area contributed by atoms with Gasteiger partial charge in [-0.2, -0.15) is 0 Å².